The minimum absolute atomic E-state index is 0.0811. The van der Waals surface area contributed by atoms with Crippen molar-refractivity contribution in [3.8, 4) is 11.1 Å². The summed E-state index contributed by atoms with van der Waals surface area (Å²) < 4.78 is 2.16. The molecule has 0 aliphatic carbocycles. The van der Waals surface area contributed by atoms with E-state index in [2.05, 4.69) is 131 Å². The maximum Gasteiger partial charge on any atom is 0.228 e. The number of nitrogens with zero attached hydrogens (tertiary/aromatic N) is 2. The lowest BCUT2D eigenvalue weighted by molar-refractivity contribution is -0.754. The van der Waals surface area contributed by atoms with Gasteiger partial charge in [0, 0.05) is 31.5 Å². The minimum atomic E-state index is -0.0811. The summed E-state index contributed by atoms with van der Waals surface area (Å²) in [6.07, 6.45) is 6.26. The van der Waals surface area contributed by atoms with Crippen molar-refractivity contribution in [2.75, 3.05) is 19.6 Å². The Hall–Kier alpha value is -3.70. The molecule has 5 heteroatoms. The number of likely N-dealkylation sites (tertiary alicyclic amines) is 1. The molecule has 0 saturated carbocycles. The molecule has 2 saturated heterocycles. The van der Waals surface area contributed by atoms with Gasteiger partial charge in [-0.15, -0.1) is 4.68 Å². The van der Waals surface area contributed by atoms with Gasteiger partial charge in [0.2, 0.25) is 12.1 Å². The Bertz CT molecular complexity index is 1410. The highest BCUT2D eigenvalue weighted by Crippen LogP contribution is 2.42. The molecule has 4 atom stereocenters. The summed E-state index contributed by atoms with van der Waals surface area (Å²) in [5.41, 5.74) is 6.28. The molecule has 2 aliphatic rings. The fourth-order valence-electron chi connectivity index (χ4n) is 6.85. The van der Waals surface area contributed by atoms with Crippen LogP contribution >= 0.6 is 0 Å². The van der Waals surface area contributed by atoms with Crippen molar-refractivity contribution in [3.63, 3.8) is 0 Å². The lowest BCUT2D eigenvalue weighted by atomic mass is 9.80. The fourth-order valence-corrected chi connectivity index (χ4v) is 6.85. The number of piperidine rings is 1. The van der Waals surface area contributed by atoms with Gasteiger partial charge in [0.15, 0.2) is 6.54 Å². The van der Waals surface area contributed by atoms with Crippen LogP contribution in [0.25, 0.3) is 11.1 Å². The number of carbonyl (C=O) groups excluding carboxylic acids is 1. The highest BCUT2D eigenvalue weighted by molar-refractivity contribution is 5.82. The average Bonchev–Trinajstić information content (AvgIpc) is 3.67. The van der Waals surface area contributed by atoms with Crippen LogP contribution in [0.4, 0.5) is 0 Å². The molecule has 2 N–H and O–H groups in total. The first kappa shape index (κ1) is 26.5. The van der Waals surface area contributed by atoms with E-state index < -0.39 is 0 Å². The van der Waals surface area contributed by atoms with Crippen molar-refractivity contribution in [3.05, 3.63) is 114 Å². The van der Waals surface area contributed by atoms with Gasteiger partial charge in [-0.1, -0.05) is 98.8 Å². The largest absolute Gasteiger partial charge is 0.335 e. The average molecular weight is 534 g/mol. The van der Waals surface area contributed by atoms with E-state index in [1.54, 1.807) is 0 Å². The Kier molecular flexibility index (Phi) is 7.83. The number of aromatic amines is 1. The summed E-state index contributed by atoms with van der Waals surface area (Å²) in [6.45, 7) is 7.74. The first-order chi connectivity index (χ1) is 19.6. The van der Waals surface area contributed by atoms with Crippen LogP contribution < -0.4 is 10.00 Å². The lowest BCUT2D eigenvalue weighted by Crippen LogP contribution is -2.45. The van der Waals surface area contributed by atoms with Gasteiger partial charge < -0.3 is 10.2 Å². The van der Waals surface area contributed by atoms with Gasteiger partial charge in [0.25, 0.3) is 0 Å². The van der Waals surface area contributed by atoms with Gasteiger partial charge in [-0.05, 0) is 41.0 Å². The maximum absolute atomic E-state index is 14.5. The number of H-pyrrole nitrogens is 1. The molecule has 0 unspecified atom stereocenters. The second-order valence-corrected chi connectivity index (χ2v) is 12.0. The molecular formula is C35H41N4O+. The summed E-state index contributed by atoms with van der Waals surface area (Å²) in [5, 5.41) is 6.99. The van der Waals surface area contributed by atoms with Crippen LogP contribution in [0.15, 0.2) is 97.3 Å². The van der Waals surface area contributed by atoms with E-state index in [1.807, 2.05) is 0 Å². The monoisotopic (exact) mass is 533 g/mol. The molecule has 1 aromatic heterocycles. The number of nitrogens with one attached hydrogen (secondary N) is 2. The maximum atomic E-state index is 14.5. The molecule has 0 bridgehead atoms. The summed E-state index contributed by atoms with van der Waals surface area (Å²) in [4.78, 5) is 16.7. The van der Waals surface area contributed by atoms with E-state index in [0.29, 0.717) is 11.8 Å². The third-order valence-electron chi connectivity index (χ3n) is 8.79. The predicted molar refractivity (Wildman–Crippen MR) is 160 cm³/mol. The topological polar surface area (TPSA) is 52.0 Å². The Balaban J connectivity index is 1.28. The van der Waals surface area contributed by atoms with Crippen molar-refractivity contribution in [2.45, 2.75) is 51.1 Å². The Morgan fingerprint density at radius 2 is 1.62 bits per heavy atom. The van der Waals surface area contributed by atoms with Crippen LogP contribution in [0.2, 0.25) is 0 Å². The Morgan fingerprint density at radius 1 is 0.925 bits per heavy atom. The number of carbonyl (C=O) groups is 1. The third kappa shape index (κ3) is 5.48. The molecule has 40 heavy (non-hydrogen) atoms. The molecule has 0 spiro atoms. The smallest absolute Gasteiger partial charge is 0.228 e. The first-order valence-electron chi connectivity index (χ1n) is 14.9. The number of hydrogen-bond acceptors (Lipinski definition) is 2. The van der Waals surface area contributed by atoms with Crippen LogP contribution in [0, 0.1) is 11.8 Å². The van der Waals surface area contributed by atoms with E-state index in [0.717, 1.165) is 39.0 Å². The molecular weight excluding hydrogens is 492 g/mol. The van der Waals surface area contributed by atoms with Gasteiger partial charge in [0.1, 0.15) is 0 Å². The highest BCUT2D eigenvalue weighted by Gasteiger charge is 2.41. The van der Waals surface area contributed by atoms with Crippen LogP contribution in [-0.2, 0) is 11.3 Å². The zero-order chi connectivity index (χ0) is 27.5. The van der Waals surface area contributed by atoms with E-state index in [9.17, 15) is 4.79 Å². The number of hydrogen-bond donors (Lipinski definition) is 2. The van der Waals surface area contributed by atoms with Crippen molar-refractivity contribution in [1.29, 1.82) is 0 Å². The molecule has 5 nitrogen and oxygen atoms in total. The molecule has 2 fully saturated rings. The number of benzene rings is 3. The summed E-state index contributed by atoms with van der Waals surface area (Å²) in [5.74, 6) is 1.37. The summed E-state index contributed by atoms with van der Waals surface area (Å²) in [7, 11) is 0. The molecule has 2 aliphatic heterocycles. The molecule has 6 rings (SSSR count). The molecule has 4 aromatic rings. The standard InChI is InChI=1S/C35H40N4O/c1-25(2)23-38-24-29(20-37-38)30-15-9-10-16-31(30)32-21-36-22-33(32)35(40)39-18-17-28(26-11-5-3-6-12-26)19-34(39)27-13-7-4-8-14-27/h3-16,20,24-25,28,32-34,36H,17-19,21-23H2,1-2H3/p+1/t28-,32-,33+,34+/m0/s1. The van der Waals surface area contributed by atoms with Crippen LogP contribution in [0.1, 0.15) is 61.3 Å². The molecule has 0 radical (unpaired) electrons. The zero-order valence-electron chi connectivity index (χ0n) is 23.7. The summed E-state index contributed by atoms with van der Waals surface area (Å²) >= 11 is 0. The van der Waals surface area contributed by atoms with Crippen molar-refractivity contribution in [2.24, 2.45) is 11.8 Å². The van der Waals surface area contributed by atoms with Crippen molar-refractivity contribution >= 4 is 5.91 Å². The number of aromatic nitrogens is 2. The molecule has 3 heterocycles. The van der Waals surface area contributed by atoms with Crippen LogP contribution in [-0.4, -0.2) is 35.5 Å². The molecule has 206 valence electrons. The Labute approximate surface area is 238 Å². The summed E-state index contributed by atoms with van der Waals surface area (Å²) in [6, 6.07) is 30.2. The van der Waals surface area contributed by atoms with Crippen LogP contribution in [0.5, 0.6) is 0 Å². The SMILES string of the molecule is CC(C)C[n+]1cc(-c2ccccc2[C@@H]2CNC[C@H]2C(=O)N2CC[C@H](c3ccccc3)C[C@@H]2c2ccccc2)c[nH]1. The minimum Gasteiger partial charge on any atom is -0.335 e. The third-order valence-corrected chi connectivity index (χ3v) is 8.79. The van der Waals surface area contributed by atoms with Gasteiger partial charge in [0.05, 0.1) is 23.7 Å². The van der Waals surface area contributed by atoms with Crippen molar-refractivity contribution < 1.29 is 9.48 Å². The zero-order valence-corrected chi connectivity index (χ0v) is 23.7. The number of rotatable bonds is 7. The number of amides is 1. The van der Waals surface area contributed by atoms with E-state index in [4.69, 9.17) is 0 Å². The van der Waals surface area contributed by atoms with Crippen molar-refractivity contribution in [1.82, 2.24) is 15.3 Å². The highest BCUT2D eigenvalue weighted by atomic mass is 16.2. The van der Waals surface area contributed by atoms with Gasteiger partial charge in [-0.3, -0.25) is 4.79 Å². The van der Waals surface area contributed by atoms with Gasteiger partial charge >= 0.3 is 0 Å². The van der Waals surface area contributed by atoms with Gasteiger partial charge in [-0.2, -0.15) is 5.10 Å². The Morgan fingerprint density at radius 3 is 2.38 bits per heavy atom. The second kappa shape index (κ2) is 11.8. The van der Waals surface area contributed by atoms with E-state index in [-0.39, 0.29) is 23.8 Å². The second-order valence-electron chi connectivity index (χ2n) is 12.0. The van der Waals surface area contributed by atoms with E-state index in [1.165, 1.54) is 27.8 Å². The van der Waals surface area contributed by atoms with Gasteiger partial charge in [-0.25, -0.2) is 0 Å². The van der Waals surface area contributed by atoms with Crippen LogP contribution in [0.3, 0.4) is 0 Å². The molecule has 1 amide bonds. The lowest BCUT2D eigenvalue weighted by Gasteiger charge is -2.42. The fraction of sp³-hybridized carbons (Fsp3) is 0.371. The quantitative estimate of drug-likeness (QED) is 0.283. The first-order valence-corrected chi connectivity index (χ1v) is 14.9. The predicted octanol–water partition coefficient (Wildman–Crippen LogP) is 6.08. The normalized spacial score (nSPS) is 23.0. The van der Waals surface area contributed by atoms with E-state index >= 15 is 0 Å². The molecule has 3 aromatic carbocycles.